The highest BCUT2D eigenvalue weighted by Crippen LogP contribution is 2.24. The Morgan fingerprint density at radius 1 is 1.16 bits per heavy atom. The Bertz CT molecular complexity index is 542. The number of hydrogen-bond acceptors (Lipinski definition) is 2. The van der Waals surface area contributed by atoms with Gasteiger partial charge in [0.05, 0.1) is 6.61 Å². The SMILES string of the molecule is CCOc1cccc(CC(N)c2ccccc2Cl)c1. The van der Waals surface area contributed by atoms with Gasteiger partial charge in [0.1, 0.15) is 5.75 Å². The summed E-state index contributed by atoms with van der Waals surface area (Å²) in [7, 11) is 0. The summed E-state index contributed by atoms with van der Waals surface area (Å²) in [5.74, 6) is 0.881. The summed E-state index contributed by atoms with van der Waals surface area (Å²) in [5.41, 5.74) is 8.36. The quantitative estimate of drug-likeness (QED) is 0.896. The van der Waals surface area contributed by atoms with Crippen molar-refractivity contribution in [2.75, 3.05) is 6.61 Å². The lowest BCUT2D eigenvalue weighted by atomic mass is 9.99. The first-order valence-electron chi connectivity index (χ1n) is 6.42. The van der Waals surface area contributed by atoms with Gasteiger partial charge in [-0.05, 0) is 42.7 Å². The molecule has 0 saturated heterocycles. The van der Waals surface area contributed by atoms with Crippen LogP contribution in [0, 0.1) is 0 Å². The Labute approximate surface area is 119 Å². The molecule has 0 fully saturated rings. The molecule has 0 bridgehead atoms. The van der Waals surface area contributed by atoms with Crippen molar-refractivity contribution in [2.24, 2.45) is 5.73 Å². The molecule has 0 aliphatic heterocycles. The molecular weight excluding hydrogens is 258 g/mol. The minimum atomic E-state index is -0.106. The first-order valence-corrected chi connectivity index (χ1v) is 6.80. The minimum Gasteiger partial charge on any atom is -0.494 e. The van der Waals surface area contributed by atoms with Crippen LogP contribution in [0.5, 0.6) is 5.75 Å². The Hall–Kier alpha value is -1.51. The lowest BCUT2D eigenvalue weighted by Crippen LogP contribution is -2.13. The van der Waals surface area contributed by atoms with Gasteiger partial charge in [-0.1, -0.05) is 41.9 Å². The largest absolute Gasteiger partial charge is 0.494 e. The normalized spacial score (nSPS) is 12.2. The topological polar surface area (TPSA) is 35.2 Å². The maximum Gasteiger partial charge on any atom is 0.119 e. The van der Waals surface area contributed by atoms with Crippen LogP contribution in [0.2, 0.25) is 5.02 Å². The van der Waals surface area contributed by atoms with Crippen LogP contribution in [0.15, 0.2) is 48.5 Å². The van der Waals surface area contributed by atoms with Gasteiger partial charge in [0.15, 0.2) is 0 Å². The lowest BCUT2D eigenvalue weighted by molar-refractivity contribution is 0.340. The molecule has 2 rings (SSSR count). The van der Waals surface area contributed by atoms with Gasteiger partial charge in [-0.2, -0.15) is 0 Å². The zero-order chi connectivity index (χ0) is 13.7. The van der Waals surface area contributed by atoms with E-state index in [1.807, 2.05) is 49.4 Å². The van der Waals surface area contributed by atoms with E-state index in [4.69, 9.17) is 22.1 Å². The van der Waals surface area contributed by atoms with Crippen molar-refractivity contribution in [1.82, 2.24) is 0 Å². The van der Waals surface area contributed by atoms with Gasteiger partial charge in [-0.3, -0.25) is 0 Å². The van der Waals surface area contributed by atoms with E-state index in [1.54, 1.807) is 0 Å². The van der Waals surface area contributed by atoms with Crippen LogP contribution in [-0.4, -0.2) is 6.61 Å². The number of rotatable bonds is 5. The predicted molar refractivity (Wildman–Crippen MR) is 79.7 cm³/mol. The van der Waals surface area contributed by atoms with Gasteiger partial charge >= 0.3 is 0 Å². The molecule has 0 amide bonds. The molecule has 0 aromatic heterocycles. The number of hydrogen-bond donors (Lipinski definition) is 1. The summed E-state index contributed by atoms with van der Waals surface area (Å²) < 4.78 is 5.49. The fourth-order valence-electron chi connectivity index (χ4n) is 2.07. The van der Waals surface area contributed by atoms with Gasteiger partial charge in [0, 0.05) is 11.1 Å². The zero-order valence-electron chi connectivity index (χ0n) is 11.0. The summed E-state index contributed by atoms with van der Waals surface area (Å²) in [5, 5.41) is 0.718. The summed E-state index contributed by atoms with van der Waals surface area (Å²) >= 11 is 6.16. The maximum atomic E-state index is 6.23. The van der Waals surface area contributed by atoms with Crippen LogP contribution < -0.4 is 10.5 Å². The molecule has 2 aromatic rings. The second-order valence-corrected chi connectivity index (χ2v) is 4.82. The minimum absolute atomic E-state index is 0.106. The first kappa shape index (κ1) is 13.9. The van der Waals surface area contributed by atoms with Crippen LogP contribution in [-0.2, 0) is 6.42 Å². The standard InChI is InChI=1S/C16H18ClNO/c1-2-19-13-7-5-6-12(10-13)11-16(18)14-8-3-4-9-15(14)17/h3-10,16H,2,11,18H2,1H3. The van der Waals surface area contributed by atoms with E-state index in [-0.39, 0.29) is 6.04 Å². The molecule has 19 heavy (non-hydrogen) atoms. The van der Waals surface area contributed by atoms with E-state index < -0.39 is 0 Å². The van der Waals surface area contributed by atoms with Crippen LogP contribution >= 0.6 is 11.6 Å². The smallest absolute Gasteiger partial charge is 0.119 e. The predicted octanol–water partition coefficient (Wildman–Crippen LogP) is 3.98. The van der Waals surface area contributed by atoms with E-state index in [0.717, 1.165) is 28.3 Å². The monoisotopic (exact) mass is 275 g/mol. The molecule has 1 atom stereocenters. The van der Waals surface area contributed by atoms with E-state index in [2.05, 4.69) is 6.07 Å². The second-order valence-electron chi connectivity index (χ2n) is 4.41. The third kappa shape index (κ3) is 3.72. The Kier molecular flexibility index (Phi) is 4.83. The summed E-state index contributed by atoms with van der Waals surface area (Å²) in [6.07, 6.45) is 0.741. The molecular formula is C16H18ClNO. The molecule has 0 radical (unpaired) electrons. The molecule has 0 heterocycles. The first-order chi connectivity index (χ1) is 9.20. The van der Waals surface area contributed by atoms with Crippen LogP contribution in [0.25, 0.3) is 0 Å². The van der Waals surface area contributed by atoms with E-state index in [9.17, 15) is 0 Å². The van der Waals surface area contributed by atoms with Crippen LogP contribution in [0.1, 0.15) is 24.1 Å². The molecule has 2 N–H and O–H groups in total. The van der Waals surface area contributed by atoms with Gasteiger partial charge in [0.2, 0.25) is 0 Å². The number of ether oxygens (including phenoxy) is 1. The molecule has 100 valence electrons. The highest BCUT2D eigenvalue weighted by molar-refractivity contribution is 6.31. The molecule has 2 aromatic carbocycles. The van der Waals surface area contributed by atoms with Crippen molar-refractivity contribution >= 4 is 11.6 Å². The van der Waals surface area contributed by atoms with Gasteiger partial charge in [0.25, 0.3) is 0 Å². The van der Waals surface area contributed by atoms with Crippen molar-refractivity contribution in [3.05, 3.63) is 64.7 Å². The average Bonchev–Trinajstić information content (AvgIpc) is 2.40. The highest BCUT2D eigenvalue weighted by Gasteiger charge is 2.10. The number of nitrogens with two attached hydrogens (primary N) is 1. The molecule has 3 heteroatoms. The molecule has 0 aliphatic rings. The summed E-state index contributed by atoms with van der Waals surface area (Å²) in [6.45, 7) is 2.64. The van der Waals surface area contributed by atoms with E-state index >= 15 is 0 Å². The maximum absolute atomic E-state index is 6.23. The summed E-state index contributed by atoms with van der Waals surface area (Å²) in [4.78, 5) is 0. The van der Waals surface area contributed by atoms with E-state index in [0.29, 0.717) is 6.61 Å². The number of benzene rings is 2. The van der Waals surface area contributed by atoms with Crippen molar-refractivity contribution in [3.63, 3.8) is 0 Å². The zero-order valence-corrected chi connectivity index (χ0v) is 11.7. The van der Waals surface area contributed by atoms with Crippen LogP contribution in [0.3, 0.4) is 0 Å². The van der Waals surface area contributed by atoms with Crippen molar-refractivity contribution in [2.45, 2.75) is 19.4 Å². The van der Waals surface area contributed by atoms with Crippen molar-refractivity contribution in [3.8, 4) is 5.75 Å². The van der Waals surface area contributed by atoms with Gasteiger partial charge in [-0.15, -0.1) is 0 Å². The average molecular weight is 276 g/mol. The molecule has 1 unspecified atom stereocenters. The number of halogens is 1. The molecule has 2 nitrogen and oxygen atoms in total. The fraction of sp³-hybridized carbons (Fsp3) is 0.250. The van der Waals surface area contributed by atoms with Gasteiger partial charge < -0.3 is 10.5 Å². The van der Waals surface area contributed by atoms with Gasteiger partial charge in [-0.25, -0.2) is 0 Å². The Balaban J connectivity index is 2.12. The van der Waals surface area contributed by atoms with E-state index in [1.165, 1.54) is 0 Å². The third-order valence-electron chi connectivity index (χ3n) is 2.97. The Morgan fingerprint density at radius 3 is 2.68 bits per heavy atom. The second kappa shape index (κ2) is 6.60. The highest BCUT2D eigenvalue weighted by atomic mass is 35.5. The molecule has 0 aliphatic carbocycles. The molecule has 0 saturated carbocycles. The fourth-order valence-corrected chi connectivity index (χ4v) is 2.34. The van der Waals surface area contributed by atoms with Crippen molar-refractivity contribution in [1.29, 1.82) is 0 Å². The van der Waals surface area contributed by atoms with Crippen LogP contribution in [0.4, 0.5) is 0 Å². The summed E-state index contributed by atoms with van der Waals surface area (Å²) in [6, 6.07) is 15.6. The molecule has 0 spiro atoms. The third-order valence-corrected chi connectivity index (χ3v) is 3.31. The van der Waals surface area contributed by atoms with Crippen molar-refractivity contribution < 1.29 is 4.74 Å². The Morgan fingerprint density at radius 2 is 1.95 bits per heavy atom. The lowest BCUT2D eigenvalue weighted by Gasteiger charge is -2.14.